The SMILES string of the molecule is Cc1nc2c3c(nn2c(C)c1C)CN(C(=O)c1ccccc1CN1CCC(N)CC1)C3. The molecule has 1 aromatic carbocycles. The largest absolute Gasteiger partial charge is 0.328 e. The number of aryl methyl sites for hydroxylation is 2. The highest BCUT2D eigenvalue weighted by molar-refractivity contribution is 5.96. The lowest BCUT2D eigenvalue weighted by Gasteiger charge is -2.30. The molecule has 1 saturated heterocycles. The number of hydrogen-bond acceptors (Lipinski definition) is 5. The maximum atomic E-state index is 13.5. The fourth-order valence-electron chi connectivity index (χ4n) is 4.75. The van der Waals surface area contributed by atoms with Crippen LogP contribution in [0.2, 0.25) is 0 Å². The summed E-state index contributed by atoms with van der Waals surface area (Å²) in [5.41, 5.74) is 14.1. The van der Waals surface area contributed by atoms with E-state index in [9.17, 15) is 4.79 Å². The van der Waals surface area contributed by atoms with E-state index in [1.807, 2.05) is 34.5 Å². The van der Waals surface area contributed by atoms with E-state index in [2.05, 4.69) is 24.8 Å². The van der Waals surface area contributed by atoms with E-state index in [0.717, 1.165) is 77.5 Å². The zero-order valence-corrected chi connectivity index (χ0v) is 18.6. The molecule has 0 spiro atoms. The Hall–Kier alpha value is -2.77. The molecule has 2 aliphatic rings. The lowest BCUT2D eigenvalue weighted by atomic mass is 10.0. The van der Waals surface area contributed by atoms with Crippen molar-refractivity contribution in [1.29, 1.82) is 0 Å². The summed E-state index contributed by atoms with van der Waals surface area (Å²) in [6.45, 7) is 10.0. The van der Waals surface area contributed by atoms with Crippen LogP contribution in [0.1, 0.15) is 57.0 Å². The van der Waals surface area contributed by atoms with Crippen LogP contribution in [0, 0.1) is 20.8 Å². The van der Waals surface area contributed by atoms with Crippen molar-refractivity contribution in [2.75, 3.05) is 13.1 Å². The summed E-state index contributed by atoms with van der Waals surface area (Å²) in [5.74, 6) is 0.0704. The van der Waals surface area contributed by atoms with E-state index in [0.29, 0.717) is 19.1 Å². The molecule has 4 heterocycles. The maximum absolute atomic E-state index is 13.5. The molecule has 0 aliphatic carbocycles. The third-order valence-corrected chi connectivity index (χ3v) is 6.97. The average molecular weight is 419 g/mol. The number of benzene rings is 1. The van der Waals surface area contributed by atoms with Gasteiger partial charge in [-0.1, -0.05) is 18.2 Å². The fraction of sp³-hybridized carbons (Fsp3) is 0.458. The molecule has 2 aliphatic heterocycles. The number of likely N-dealkylation sites (tertiary alicyclic amines) is 1. The Labute approximate surface area is 182 Å². The molecule has 2 N–H and O–H groups in total. The zero-order valence-electron chi connectivity index (χ0n) is 18.6. The Morgan fingerprint density at radius 2 is 1.87 bits per heavy atom. The molecule has 0 atom stereocenters. The quantitative estimate of drug-likeness (QED) is 0.708. The molecule has 3 aromatic rings. The molecule has 0 saturated carbocycles. The number of fused-ring (bicyclic) bond motifs is 3. The van der Waals surface area contributed by atoms with Gasteiger partial charge >= 0.3 is 0 Å². The van der Waals surface area contributed by atoms with Crippen molar-refractivity contribution in [2.45, 2.75) is 59.3 Å². The van der Waals surface area contributed by atoms with Crippen LogP contribution in [0.25, 0.3) is 5.65 Å². The van der Waals surface area contributed by atoms with Crippen LogP contribution in [-0.2, 0) is 19.6 Å². The minimum atomic E-state index is 0.0704. The highest BCUT2D eigenvalue weighted by atomic mass is 16.2. The topological polar surface area (TPSA) is 79.8 Å². The van der Waals surface area contributed by atoms with E-state index < -0.39 is 0 Å². The van der Waals surface area contributed by atoms with E-state index in [1.165, 1.54) is 0 Å². The number of carbonyl (C=O) groups is 1. The zero-order chi connectivity index (χ0) is 21.7. The second-order valence-corrected chi connectivity index (χ2v) is 9.00. The maximum Gasteiger partial charge on any atom is 0.254 e. The number of hydrogen-bond donors (Lipinski definition) is 1. The van der Waals surface area contributed by atoms with Crippen LogP contribution in [-0.4, -0.2) is 49.4 Å². The highest BCUT2D eigenvalue weighted by Crippen LogP contribution is 2.29. The smallest absolute Gasteiger partial charge is 0.254 e. The number of nitrogens with two attached hydrogens (primary N) is 1. The molecule has 2 aromatic heterocycles. The molecule has 31 heavy (non-hydrogen) atoms. The molecule has 0 radical (unpaired) electrons. The first kappa shape index (κ1) is 20.2. The Morgan fingerprint density at radius 3 is 2.65 bits per heavy atom. The Kier molecular flexibility index (Phi) is 5.02. The molecule has 0 bridgehead atoms. The number of carbonyl (C=O) groups excluding carboxylic acids is 1. The third-order valence-electron chi connectivity index (χ3n) is 6.97. The molecule has 5 rings (SSSR count). The average Bonchev–Trinajstić information content (AvgIpc) is 3.33. The Balaban J connectivity index is 1.39. The molecular weight excluding hydrogens is 388 g/mol. The number of amides is 1. The van der Waals surface area contributed by atoms with Gasteiger partial charge in [-0.3, -0.25) is 9.69 Å². The first-order valence-electron chi connectivity index (χ1n) is 11.1. The summed E-state index contributed by atoms with van der Waals surface area (Å²) in [6, 6.07) is 8.30. The molecule has 7 heteroatoms. The predicted molar refractivity (Wildman–Crippen MR) is 120 cm³/mol. The monoisotopic (exact) mass is 418 g/mol. The van der Waals surface area contributed by atoms with E-state index in [4.69, 9.17) is 15.8 Å². The van der Waals surface area contributed by atoms with Crippen molar-refractivity contribution in [2.24, 2.45) is 5.73 Å². The molecule has 7 nitrogen and oxygen atoms in total. The van der Waals surface area contributed by atoms with E-state index in [1.54, 1.807) is 0 Å². The number of aromatic nitrogens is 3. The first-order chi connectivity index (χ1) is 14.9. The van der Waals surface area contributed by atoms with Crippen LogP contribution < -0.4 is 5.73 Å². The lowest BCUT2D eigenvalue weighted by molar-refractivity contribution is 0.0747. The minimum Gasteiger partial charge on any atom is -0.328 e. The number of rotatable bonds is 3. The minimum absolute atomic E-state index is 0.0704. The van der Waals surface area contributed by atoms with Crippen molar-refractivity contribution < 1.29 is 4.79 Å². The molecule has 1 amide bonds. The van der Waals surface area contributed by atoms with Crippen molar-refractivity contribution in [3.05, 3.63) is 63.6 Å². The highest BCUT2D eigenvalue weighted by Gasteiger charge is 2.31. The number of nitrogens with zero attached hydrogens (tertiary/aromatic N) is 5. The van der Waals surface area contributed by atoms with Gasteiger partial charge in [0.25, 0.3) is 5.91 Å². The van der Waals surface area contributed by atoms with Gasteiger partial charge in [0.05, 0.1) is 18.8 Å². The third kappa shape index (κ3) is 3.51. The van der Waals surface area contributed by atoms with Crippen LogP contribution in [0.5, 0.6) is 0 Å². The summed E-state index contributed by atoms with van der Waals surface area (Å²) < 4.78 is 1.93. The standard InChI is InChI=1S/C24H30N6O/c1-15-16(2)26-23-21-13-29(14-22(21)27-30(23)17(15)3)24(31)20-7-5-4-6-18(20)12-28-10-8-19(25)9-11-28/h4-7,19H,8-14,25H2,1-3H3. The predicted octanol–water partition coefficient (Wildman–Crippen LogP) is 2.73. The van der Waals surface area contributed by atoms with Gasteiger partial charge in [-0.25, -0.2) is 9.50 Å². The summed E-state index contributed by atoms with van der Waals surface area (Å²) in [6.07, 6.45) is 2.03. The second kappa shape index (κ2) is 7.73. The molecule has 0 unspecified atom stereocenters. The Morgan fingerprint density at radius 1 is 1.13 bits per heavy atom. The van der Waals surface area contributed by atoms with Crippen molar-refractivity contribution in [3.8, 4) is 0 Å². The lowest BCUT2D eigenvalue weighted by Crippen LogP contribution is -2.39. The van der Waals surface area contributed by atoms with Gasteiger partial charge in [-0.15, -0.1) is 0 Å². The van der Waals surface area contributed by atoms with Crippen LogP contribution in [0.3, 0.4) is 0 Å². The van der Waals surface area contributed by atoms with Crippen molar-refractivity contribution >= 4 is 11.6 Å². The molecular formula is C24H30N6O. The van der Waals surface area contributed by atoms with Crippen molar-refractivity contribution in [1.82, 2.24) is 24.4 Å². The summed E-state index contributed by atoms with van der Waals surface area (Å²) in [7, 11) is 0. The second-order valence-electron chi connectivity index (χ2n) is 9.00. The normalized spacial score (nSPS) is 17.5. The van der Waals surface area contributed by atoms with Crippen molar-refractivity contribution in [3.63, 3.8) is 0 Å². The van der Waals surface area contributed by atoms with Gasteiger partial charge in [-0.2, -0.15) is 5.10 Å². The summed E-state index contributed by atoms with van der Waals surface area (Å²) >= 11 is 0. The summed E-state index contributed by atoms with van der Waals surface area (Å²) in [4.78, 5) is 22.6. The first-order valence-corrected chi connectivity index (χ1v) is 11.1. The van der Waals surface area contributed by atoms with Gasteiger partial charge < -0.3 is 10.6 Å². The van der Waals surface area contributed by atoms with Gasteiger partial charge in [0.15, 0.2) is 5.65 Å². The fourth-order valence-corrected chi connectivity index (χ4v) is 4.75. The molecule has 162 valence electrons. The van der Waals surface area contributed by atoms with Gasteiger partial charge in [0, 0.05) is 35.1 Å². The van der Waals surface area contributed by atoms with E-state index in [-0.39, 0.29) is 5.91 Å². The van der Waals surface area contributed by atoms with Crippen LogP contribution in [0.15, 0.2) is 24.3 Å². The van der Waals surface area contributed by atoms with Gasteiger partial charge in [0.2, 0.25) is 0 Å². The van der Waals surface area contributed by atoms with Crippen LogP contribution in [0.4, 0.5) is 0 Å². The molecule has 1 fully saturated rings. The summed E-state index contributed by atoms with van der Waals surface area (Å²) in [5, 5.41) is 4.78. The van der Waals surface area contributed by atoms with Gasteiger partial charge in [0.1, 0.15) is 0 Å². The number of piperidine rings is 1. The van der Waals surface area contributed by atoms with Gasteiger partial charge in [-0.05, 0) is 63.9 Å². The van der Waals surface area contributed by atoms with E-state index >= 15 is 0 Å². The Bertz CT molecular complexity index is 1160. The van der Waals surface area contributed by atoms with Crippen LogP contribution >= 0.6 is 0 Å².